The minimum atomic E-state index is 0.686. The molecule has 0 amide bonds. The number of aryl methyl sites for hydroxylation is 1. The first-order valence-electron chi connectivity index (χ1n) is 8.32. The van der Waals surface area contributed by atoms with E-state index in [9.17, 15) is 0 Å². The normalized spacial score (nSPS) is 10.9. The smallest absolute Gasteiger partial charge is 0.163 e. The number of rotatable bonds is 5. The number of hydrogen-bond donors (Lipinski definition) is 1. The summed E-state index contributed by atoms with van der Waals surface area (Å²) in [5, 5.41) is 4.56. The Hall–Kier alpha value is -2.79. The van der Waals surface area contributed by atoms with Crippen molar-refractivity contribution in [2.24, 2.45) is 0 Å². The number of fused-ring (bicyclic) bond motifs is 1. The molecule has 4 rings (SSSR count). The first kappa shape index (κ1) is 15.7. The molecule has 1 N–H and O–H groups in total. The molecule has 0 saturated heterocycles. The molecule has 0 spiro atoms. The lowest BCUT2D eigenvalue weighted by molar-refractivity contribution is 1.09. The second-order valence-corrected chi connectivity index (χ2v) is 6.88. The van der Waals surface area contributed by atoms with Crippen LogP contribution in [-0.4, -0.2) is 15.0 Å². The van der Waals surface area contributed by atoms with Crippen LogP contribution in [0.2, 0.25) is 0 Å². The van der Waals surface area contributed by atoms with Gasteiger partial charge in [0.25, 0.3) is 0 Å². The Labute approximate surface area is 150 Å². The van der Waals surface area contributed by atoms with Crippen LogP contribution in [0.3, 0.4) is 0 Å². The molecular weight excluding hydrogens is 328 g/mol. The predicted octanol–water partition coefficient (Wildman–Crippen LogP) is 4.93. The fourth-order valence-corrected chi connectivity index (χ4v) is 3.65. The molecule has 3 aromatic heterocycles. The molecule has 5 heteroatoms. The van der Waals surface area contributed by atoms with E-state index in [0.29, 0.717) is 6.54 Å². The van der Waals surface area contributed by atoms with Gasteiger partial charge in [-0.05, 0) is 24.1 Å². The Morgan fingerprint density at radius 2 is 1.92 bits per heavy atom. The van der Waals surface area contributed by atoms with Gasteiger partial charge in [0.2, 0.25) is 0 Å². The molecule has 0 fully saturated rings. The van der Waals surface area contributed by atoms with E-state index in [2.05, 4.69) is 29.4 Å². The van der Waals surface area contributed by atoms with Gasteiger partial charge in [0.1, 0.15) is 10.6 Å². The lowest BCUT2D eigenvalue weighted by atomic mass is 10.2. The number of aromatic nitrogens is 3. The van der Waals surface area contributed by atoms with Gasteiger partial charge in [-0.2, -0.15) is 0 Å². The van der Waals surface area contributed by atoms with E-state index >= 15 is 0 Å². The van der Waals surface area contributed by atoms with Crippen LogP contribution in [0.1, 0.15) is 17.4 Å². The molecule has 0 saturated carbocycles. The first-order valence-corrected chi connectivity index (χ1v) is 9.14. The summed E-state index contributed by atoms with van der Waals surface area (Å²) in [4.78, 5) is 16.1. The van der Waals surface area contributed by atoms with E-state index in [1.54, 1.807) is 17.5 Å². The van der Waals surface area contributed by atoms with Crippen LogP contribution in [0.15, 0.2) is 60.9 Å². The van der Waals surface area contributed by atoms with Crippen LogP contribution in [0.4, 0.5) is 5.82 Å². The Morgan fingerprint density at radius 1 is 1.04 bits per heavy atom. The van der Waals surface area contributed by atoms with Crippen molar-refractivity contribution in [1.82, 2.24) is 15.0 Å². The third-order valence-corrected chi connectivity index (χ3v) is 5.18. The standard InChI is InChI=1S/C20H18N4S/c1-2-16-11-17-19(22-13-14-7-6-10-21-12-14)23-18(24-20(17)25-16)15-8-4-3-5-9-15/h3-12H,2,13H2,1H3,(H,22,23,24). The molecule has 0 bridgehead atoms. The molecule has 124 valence electrons. The molecule has 1 aromatic carbocycles. The maximum atomic E-state index is 4.80. The summed E-state index contributed by atoms with van der Waals surface area (Å²) in [6.07, 6.45) is 4.66. The Morgan fingerprint density at radius 3 is 2.68 bits per heavy atom. The highest BCUT2D eigenvalue weighted by Gasteiger charge is 2.12. The average Bonchev–Trinajstić information content (AvgIpc) is 3.11. The number of pyridine rings is 1. The molecule has 0 atom stereocenters. The quantitative estimate of drug-likeness (QED) is 0.557. The molecular formula is C20H18N4S. The molecule has 4 aromatic rings. The molecule has 3 heterocycles. The van der Waals surface area contributed by atoms with E-state index in [4.69, 9.17) is 9.97 Å². The van der Waals surface area contributed by atoms with Gasteiger partial charge < -0.3 is 5.32 Å². The first-order chi connectivity index (χ1) is 12.3. The summed E-state index contributed by atoms with van der Waals surface area (Å²) >= 11 is 1.74. The van der Waals surface area contributed by atoms with Crippen LogP contribution in [0.5, 0.6) is 0 Å². The Bertz CT molecular complexity index is 981. The van der Waals surface area contributed by atoms with Crippen molar-refractivity contribution >= 4 is 27.4 Å². The maximum absolute atomic E-state index is 4.80. The lowest BCUT2D eigenvalue weighted by Crippen LogP contribution is -2.03. The number of benzene rings is 1. The second-order valence-electron chi connectivity index (χ2n) is 5.76. The topological polar surface area (TPSA) is 50.7 Å². The highest BCUT2D eigenvalue weighted by Crippen LogP contribution is 2.31. The van der Waals surface area contributed by atoms with E-state index in [1.165, 1.54) is 4.88 Å². The zero-order valence-corrected chi connectivity index (χ0v) is 14.8. The molecule has 0 aliphatic rings. The van der Waals surface area contributed by atoms with Crippen molar-refractivity contribution in [1.29, 1.82) is 0 Å². The van der Waals surface area contributed by atoms with Crippen LogP contribution in [0.25, 0.3) is 21.6 Å². The average molecular weight is 346 g/mol. The third kappa shape index (κ3) is 3.37. The highest BCUT2D eigenvalue weighted by molar-refractivity contribution is 7.18. The Kier molecular flexibility index (Phi) is 4.39. The van der Waals surface area contributed by atoms with Crippen LogP contribution >= 0.6 is 11.3 Å². The van der Waals surface area contributed by atoms with Crippen molar-refractivity contribution < 1.29 is 0 Å². The van der Waals surface area contributed by atoms with Gasteiger partial charge in [-0.3, -0.25) is 4.98 Å². The van der Waals surface area contributed by atoms with Gasteiger partial charge in [0.05, 0.1) is 5.39 Å². The summed E-state index contributed by atoms with van der Waals surface area (Å²) in [6, 6.07) is 16.3. The summed E-state index contributed by atoms with van der Waals surface area (Å²) in [7, 11) is 0. The van der Waals surface area contributed by atoms with Gasteiger partial charge >= 0.3 is 0 Å². The van der Waals surface area contributed by atoms with Crippen molar-refractivity contribution in [3.8, 4) is 11.4 Å². The number of hydrogen-bond acceptors (Lipinski definition) is 5. The molecule has 4 nitrogen and oxygen atoms in total. The molecule has 25 heavy (non-hydrogen) atoms. The minimum absolute atomic E-state index is 0.686. The third-order valence-electron chi connectivity index (χ3n) is 4.01. The fraction of sp³-hybridized carbons (Fsp3) is 0.150. The van der Waals surface area contributed by atoms with Gasteiger partial charge in [-0.25, -0.2) is 9.97 Å². The predicted molar refractivity (Wildman–Crippen MR) is 104 cm³/mol. The van der Waals surface area contributed by atoms with Gasteiger partial charge in [-0.1, -0.05) is 43.3 Å². The van der Waals surface area contributed by atoms with E-state index in [-0.39, 0.29) is 0 Å². The van der Waals surface area contributed by atoms with Crippen molar-refractivity contribution in [2.45, 2.75) is 19.9 Å². The van der Waals surface area contributed by atoms with Crippen molar-refractivity contribution in [3.05, 3.63) is 71.4 Å². The summed E-state index contributed by atoms with van der Waals surface area (Å²) in [5.74, 6) is 1.63. The zero-order chi connectivity index (χ0) is 17.1. The van der Waals surface area contributed by atoms with Gasteiger partial charge in [-0.15, -0.1) is 11.3 Å². The Balaban J connectivity index is 1.76. The van der Waals surface area contributed by atoms with Gasteiger partial charge in [0, 0.05) is 29.4 Å². The molecule has 0 aliphatic heterocycles. The number of thiophene rings is 1. The van der Waals surface area contributed by atoms with Gasteiger partial charge in [0.15, 0.2) is 5.82 Å². The SMILES string of the molecule is CCc1cc2c(NCc3cccnc3)nc(-c3ccccc3)nc2s1. The fourth-order valence-electron chi connectivity index (χ4n) is 2.69. The largest absolute Gasteiger partial charge is 0.365 e. The number of nitrogens with one attached hydrogen (secondary N) is 1. The molecule has 0 radical (unpaired) electrons. The lowest BCUT2D eigenvalue weighted by Gasteiger charge is -2.09. The number of anilines is 1. The molecule has 0 aliphatic carbocycles. The zero-order valence-electron chi connectivity index (χ0n) is 13.9. The van der Waals surface area contributed by atoms with Crippen molar-refractivity contribution in [2.75, 3.05) is 5.32 Å². The highest BCUT2D eigenvalue weighted by atomic mass is 32.1. The van der Waals surface area contributed by atoms with Crippen LogP contribution in [0, 0.1) is 0 Å². The van der Waals surface area contributed by atoms with Crippen LogP contribution in [-0.2, 0) is 13.0 Å². The van der Waals surface area contributed by atoms with E-state index in [1.807, 2.05) is 42.6 Å². The van der Waals surface area contributed by atoms with Crippen molar-refractivity contribution in [3.63, 3.8) is 0 Å². The maximum Gasteiger partial charge on any atom is 0.163 e. The second kappa shape index (κ2) is 6.99. The summed E-state index contributed by atoms with van der Waals surface area (Å²) in [6.45, 7) is 2.85. The molecule has 0 unspecified atom stereocenters. The monoisotopic (exact) mass is 346 g/mol. The van der Waals surface area contributed by atoms with E-state index in [0.717, 1.165) is 39.4 Å². The summed E-state index contributed by atoms with van der Waals surface area (Å²) < 4.78 is 0. The summed E-state index contributed by atoms with van der Waals surface area (Å²) in [5.41, 5.74) is 2.15. The van der Waals surface area contributed by atoms with E-state index < -0.39 is 0 Å². The van der Waals surface area contributed by atoms with Crippen LogP contribution < -0.4 is 5.32 Å². The minimum Gasteiger partial charge on any atom is -0.365 e. The number of nitrogens with zero attached hydrogens (tertiary/aromatic N) is 3.